The van der Waals surface area contributed by atoms with Gasteiger partial charge in [0.2, 0.25) is 5.91 Å². The van der Waals surface area contributed by atoms with Crippen molar-refractivity contribution in [3.63, 3.8) is 0 Å². The van der Waals surface area contributed by atoms with Gasteiger partial charge in [0.25, 0.3) is 5.91 Å². The van der Waals surface area contributed by atoms with E-state index in [4.69, 9.17) is 0 Å². The summed E-state index contributed by atoms with van der Waals surface area (Å²) in [5.41, 5.74) is 1.96. The topological polar surface area (TPSA) is 69.7 Å². The molecule has 1 heterocycles. The van der Waals surface area contributed by atoms with Gasteiger partial charge in [-0.2, -0.15) is 0 Å². The van der Waals surface area contributed by atoms with Gasteiger partial charge in [0.15, 0.2) is 0 Å². The monoisotopic (exact) mass is 431 g/mol. The van der Waals surface area contributed by atoms with Crippen LogP contribution in [0.3, 0.4) is 0 Å². The van der Waals surface area contributed by atoms with Crippen molar-refractivity contribution in [2.45, 2.75) is 57.2 Å². The molecule has 2 aromatic carbocycles. The molecule has 166 valence electrons. The zero-order chi connectivity index (χ0) is 22.3. The van der Waals surface area contributed by atoms with Crippen LogP contribution in [0.15, 0.2) is 54.6 Å². The Balaban J connectivity index is 1.37. The predicted molar refractivity (Wildman–Crippen MR) is 120 cm³/mol. The first-order valence-electron chi connectivity index (χ1n) is 11.6. The minimum atomic E-state index is -1.03. The highest BCUT2D eigenvalue weighted by molar-refractivity contribution is 6.09. The number of benzene rings is 2. The van der Waals surface area contributed by atoms with Gasteiger partial charge in [-0.1, -0.05) is 61.0 Å². The second-order valence-electron chi connectivity index (χ2n) is 9.32. The van der Waals surface area contributed by atoms with E-state index >= 15 is 0 Å². The van der Waals surface area contributed by atoms with E-state index in [1.54, 1.807) is 0 Å². The molecule has 1 saturated carbocycles. The highest BCUT2D eigenvalue weighted by Crippen LogP contribution is 2.41. The quantitative estimate of drug-likeness (QED) is 0.711. The van der Waals surface area contributed by atoms with Crippen LogP contribution in [0.4, 0.5) is 4.79 Å². The summed E-state index contributed by atoms with van der Waals surface area (Å²) in [6.07, 6.45) is 4.69. The van der Waals surface area contributed by atoms with Crippen LogP contribution in [0.2, 0.25) is 0 Å². The Morgan fingerprint density at radius 3 is 2.56 bits per heavy atom. The Morgan fingerprint density at radius 1 is 1.12 bits per heavy atom. The molecule has 6 nitrogen and oxygen atoms in total. The maximum atomic E-state index is 13.5. The fraction of sp³-hybridized carbons (Fsp3) is 0.423. The third-order valence-electron chi connectivity index (χ3n) is 7.56. The number of nitrogens with zero attached hydrogens (tertiary/aromatic N) is 2. The van der Waals surface area contributed by atoms with Gasteiger partial charge in [-0.25, -0.2) is 4.79 Å². The Kier molecular flexibility index (Phi) is 5.24. The molecule has 3 aliphatic rings. The molecule has 0 aromatic heterocycles. The van der Waals surface area contributed by atoms with Crippen LogP contribution in [0, 0.1) is 5.92 Å². The number of rotatable bonds is 6. The molecule has 1 N–H and O–H groups in total. The molecule has 6 heteroatoms. The van der Waals surface area contributed by atoms with E-state index in [2.05, 4.69) is 12.2 Å². The number of hydrogen-bond acceptors (Lipinski definition) is 3. The number of fused-ring (bicyclic) bond motifs is 2. The molecule has 2 atom stereocenters. The van der Waals surface area contributed by atoms with Gasteiger partial charge in [0, 0.05) is 12.6 Å². The van der Waals surface area contributed by atoms with E-state index in [1.807, 2.05) is 59.5 Å². The van der Waals surface area contributed by atoms with Gasteiger partial charge in [0.05, 0.1) is 0 Å². The third-order valence-corrected chi connectivity index (χ3v) is 7.56. The van der Waals surface area contributed by atoms with Crippen LogP contribution in [-0.2, 0) is 28.1 Å². The van der Waals surface area contributed by atoms with Crippen molar-refractivity contribution in [2.24, 2.45) is 5.92 Å². The second-order valence-corrected chi connectivity index (χ2v) is 9.32. The second kappa shape index (κ2) is 8.08. The number of carbonyl (C=O) groups is 3. The SMILES string of the molecule is C[C@H](C1CCC1)N(Cc1ccccc1)C(=O)CN1C(=O)NC2(CCc3ccccc32)C1=O. The van der Waals surface area contributed by atoms with Gasteiger partial charge >= 0.3 is 6.03 Å². The van der Waals surface area contributed by atoms with Crippen LogP contribution < -0.4 is 5.32 Å². The average molecular weight is 432 g/mol. The number of carbonyl (C=O) groups excluding carboxylic acids is 3. The summed E-state index contributed by atoms with van der Waals surface area (Å²) in [4.78, 5) is 42.8. The Bertz CT molecular complexity index is 1050. The summed E-state index contributed by atoms with van der Waals surface area (Å²) in [6.45, 7) is 2.35. The molecule has 1 aliphatic heterocycles. The van der Waals surface area contributed by atoms with Crippen LogP contribution in [0.25, 0.3) is 0 Å². The number of nitrogens with one attached hydrogen (secondary N) is 1. The minimum Gasteiger partial charge on any atom is -0.334 e. The van der Waals surface area contributed by atoms with E-state index in [0.29, 0.717) is 18.9 Å². The molecule has 32 heavy (non-hydrogen) atoms. The Morgan fingerprint density at radius 2 is 1.84 bits per heavy atom. The van der Waals surface area contributed by atoms with E-state index in [1.165, 1.54) is 6.42 Å². The van der Waals surface area contributed by atoms with Crippen molar-refractivity contribution >= 4 is 17.8 Å². The lowest BCUT2D eigenvalue weighted by atomic mass is 9.79. The van der Waals surface area contributed by atoms with Crippen molar-refractivity contribution in [2.75, 3.05) is 6.54 Å². The first kappa shape index (κ1) is 20.7. The lowest BCUT2D eigenvalue weighted by molar-refractivity contribution is -0.142. The largest absolute Gasteiger partial charge is 0.334 e. The predicted octanol–water partition coefficient (Wildman–Crippen LogP) is 3.60. The molecule has 5 rings (SSSR count). The van der Waals surface area contributed by atoms with Crippen molar-refractivity contribution in [1.82, 2.24) is 15.1 Å². The molecular formula is C26H29N3O3. The zero-order valence-corrected chi connectivity index (χ0v) is 18.4. The summed E-state index contributed by atoms with van der Waals surface area (Å²) >= 11 is 0. The van der Waals surface area contributed by atoms with Crippen molar-refractivity contribution in [3.05, 3.63) is 71.3 Å². The smallest absolute Gasteiger partial charge is 0.325 e. The molecule has 2 fully saturated rings. The number of urea groups is 1. The molecule has 1 saturated heterocycles. The van der Waals surface area contributed by atoms with E-state index in [9.17, 15) is 14.4 Å². The Labute approximate surface area is 188 Å². The summed E-state index contributed by atoms with van der Waals surface area (Å²) in [5.74, 6) is -0.0179. The molecule has 2 aromatic rings. The molecule has 0 radical (unpaired) electrons. The number of imide groups is 1. The van der Waals surface area contributed by atoms with Crippen LogP contribution in [0.5, 0.6) is 0 Å². The fourth-order valence-corrected chi connectivity index (χ4v) is 5.38. The van der Waals surface area contributed by atoms with Gasteiger partial charge in [-0.3, -0.25) is 14.5 Å². The first-order chi connectivity index (χ1) is 15.5. The highest BCUT2D eigenvalue weighted by Gasteiger charge is 2.55. The van der Waals surface area contributed by atoms with Crippen LogP contribution in [0.1, 0.15) is 49.3 Å². The summed E-state index contributed by atoms with van der Waals surface area (Å²) in [5, 5.41) is 2.92. The third kappa shape index (κ3) is 3.38. The van der Waals surface area contributed by atoms with Gasteiger partial charge in [-0.15, -0.1) is 0 Å². The van der Waals surface area contributed by atoms with Crippen LogP contribution >= 0.6 is 0 Å². The van der Waals surface area contributed by atoms with Gasteiger partial charge in [0.1, 0.15) is 12.1 Å². The normalized spacial score (nSPS) is 23.1. The Hall–Kier alpha value is -3.15. The highest BCUT2D eigenvalue weighted by atomic mass is 16.2. The van der Waals surface area contributed by atoms with Crippen molar-refractivity contribution < 1.29 is 14.4 Å². The number of amides is 4. The zero-order valence-electron chi connectivity index (χ0n) is 18.4. The van der Waals surface area contributed by atoms with Crippen LogP contribution in [-0.4, -0.2) is 40.2 Å². The molecule has 1 spiro atoms. The maximum absolute atomic E-state index is 13.5. The molecule has 2 aliphatic carbocycles. The molecule has 4 amide bonds. The van der Waals surface area contributed by atoms with E-state index in [-0.39, 0.29) is 24.4 Å². The fourth-order valence-electron chi connectivity index (χ4n) is 5.38. The number of aryl methyl sites for hydroxylation is 1. The molecule has 0 bridgehead atoms. The summed E-state index contributed by atoms with van der Waals surface area (Å²) < 4.78 is 0. The standard InChI is InChI=1S/C26H29N3O3/c1-18(20-11-7-12-20)28(16-19-8-3-2-4-9-19)23(30)17-29-24(31)26(27-25(29)32)15-14-21-10-5-6-13-22(21)26/h2-6,8-10,13,18,20H,7,11-12,14-17H2,1H3,(H,27,32)/t18-,26?/m1/s1. The van der Waals surface area contributed by atoms with Gasteiger partial charge < -0.3 is 10.2 Å². The maximum Gasteiger partial charge on any atom is 0.325 e. The van der Waals surface area contributed by atoms with E-state index < -0.39 is 11.6 Å². The molecular weight excluding hydrogens is 402 g/mol. The lowest BCUT2D eigenvalue weighted by Crippen LogP contribution is -2.49. The van der Waals surface area contributed by atoms with E-state index in [0.717, 1.165) is 40.9 Å². The molecule has 1 unspecified atom stereocenters. The number of hydrogen-bond donors (Lipinski definition) is 1. The van der Waals surface area contributed by atoms with Crippen molar-refractivity contribution in [3.8, 4) is 0 Å². The summed E-state index contributed by atoms with van der Waals surface area (Å²) in [7, 11) is 0. The lowest BCUT2D eigenvalue weighted by Gasteiger charge is -2.39. The first-order valence-corrected chi connectivity index (χ1v) is 11.6. The average Bonchev–Trinajstić information content (AvgIpc) is 3.24. The minimum absolute atomic E-state index is 0.0680. The van der Waals surface area contributed by atoms with Crippen molar-refractivity contribution in [1.29, 1.82) is 0 Å². The van der Waals surface area contributed by atoms with Gasteiger partial charge in [-0.05, 0) is 55.2 Å². The summed E-state index contributed by atoms with van der Waals surface area (Å²) in [6, 6.07) is 17.2.